The summed E-state index contributed by atoms with van der Waals surface area (Å²) in [5, 5.41) is 11.3. The van der Waals surface area contributed by atoms with Gasteiger partial charge < -0.3 is 0 Å². The lowest BCUT2D eigenvalue weighted by Gasteiger charge is -2.13. The fourth-order valence-corrected chi connectivity index (χ4v) is 4.25. The van der Waals surface area contributed by atoms with E-state index in [0.29, 0.717) is 35.4 Å². The normalized spacial score (nSPS) is 10.9. The minimum atomic E-state index is -0.318. The Labute approximate surface area is 171 Å². The molecule has 2 heterocycles. The summed E-state index contributed by atoms with van der Waals surface area (Å²) in [6, 6.07) is 16.1. The van der Waals surface area contributed by atoms with Gasteiger partial charge in [-0.05, 0) is 31.0 Å². The second kappa shape index (κ2) is 7.98. The van der Waals surface area contributed by atoms with Gasteiger partial charge in [0.15, 0.2) is 0 Å². The third-order valence-electron chi connectivity index (χ3n) is 4.83. The molecule has 4 rings (SSSR count). The van der Waals surface area contributed by atoms with Crippen LogP contribution in [0.15, 0.2) is 58.7 Å². The van der Waals surface area contributed by atoms with Crippen LogP contribution >= 0.6 is 11.3 Å². The van der Waals surface area contributed by atoms with Gasteiger partial charge in [0.25, 0.3) is 5.56 Å². The van der Waals surface area contributed by atoms with Gasteiger partial charge >= 0.3 is 0 Å². The van der Waals surface area contributed by atoms with Gasteiger partial charge in [-0.2, -0.15) is 5.26 Å². The lowest BCUT2D eigenvalue weighted by Crippen LogP contribution is -2.23. The van der Waals surface area contributed by atoms with Crippen molar-refractivity contribution in [3.8, 4) is 28.6 Å². The van der Waals surface area contributed by atoms with Gasteiger partial charge in [0.1, 0.15) is 16.5 Å². The van der Waals surface area contributed by atoms with E-state index in [9.17, 15) is 9.18 Å². The summed E-state index contributed by atoms with van der Waals surface area (Å²) in [4.78, 5) is 18.9. The topological polar surface area (TPSA) is 58.7 Å². The summed E-state index contributed by atoms with van der Waals surface area (Å²) in [5.41, 5.74) is 3.39. The minimum Gasteiger partial charge on any atom is -0.292 e. The first-order chi connectivity index (χ1) is 14.1. The molecule has 0 bridgehead atoms. The molecule has 0 saturated carbocycles. The smallest absolute Gasteiger partial charge is 0.263 e. The van der Waals surface area contributed by atoms with Crippen molar-refractivity contribution in [1.29, 1.82) is 5.26 Å². The van der Waals surface area contributed by atoms with E-state index in [2.05, 4.69) is 6.07 Å². The molecular weight excluding hydrogens is 385 g/mol. The zero-order valence-electron chi connectivity index (χ0n) is 15.9. The molecule has 0 atom stereocenters. The average molecular weight is 403 g/mol. The summed E-state index contributed by atoms with van der Waals surface area (Å²) >= 11 is 1.41. The zero-order valence-corrected chi connectivity index (χ0v) is 16.7. The van der Waals surface area contributed by atoms with Crippen molar-refractivity contribution < 1.29 is 4.39 Å². The maximum atomic E-state index is 13.5. The van der Waals surface area contributed by atoms with E-state index in [4.69, 9.17) is 10.2 Å². The van der Waals surface area contributed by atoms with Crippen molar-refractivity contribution in [3.05, 3.63) is 75.6 Å². The van der Waals surface area contributed by atoms with Gasteiger partial charge in [-0.1, -0.05) is 42.0 Å². The molecule has 6 heteroatoms. The summed E-state index contributed by atoms with van der Waals surface area (Å²) < 4.78 is 15.0. The quantitative estimate of drug-likeness (QED) is 0.411. The van der Waals surface area contributed by atoms with Crippen LogP contribution in [0.25, 0.3) is 32.7 Å². The number of rotatable bonds is 5. The molecule has 29 heavy (non-hydrogen) atoms. The number of unbranched alkanes of at least 4 members (excludes halogenated alkanes) is 1. The SMILES string of the molecule is Cc1ccc(-c2nc3scc(-c4ccc(F)cc4)c3c(=O)n2CCCC#N)cc1. The molecular formula is C23H18FN3OS. The highest BCUT2D eigenvalue weighted by Gasteiger charge is 2.18. The Morgan fingerprint density at radius 2 is 1.79 bits per heavy atom. The van der Waals surface area contributed by atoms with Crippen molar-refractivity contribution in [2.24, 2.45) is 0 Å². The Morgan fingerprint density at radius 3 is 2.48 bits per heavy atom. The van der Waals surface area contributed by atoms with Crippen molar-refractivity contribution >= 4 is 21.6 Å². The molecule has 0 saturated heterocycles. The van der Waals surface area contributed by atoms with Gasteiger partial charge in [-0.3, -0.25) is 9.36 Å². The largest absolute Gasteiger partial charge is 0.292 e. The first-order valence-electron chi connectivity index (χ1n) is 9.30. The van der Waals surface area contributed by atoms with Gasteiger partial charge in [0.2, 0.25) is 0 Å². The molecule has 0 radical (unpaired) electrons. The molecule has 0 aliphatic carbocycles. The molecule has 144 valence electrons. The third-order valence-corrected chi connectivity index (χ3v) is 5.70. The molecule has 2 aromatic heterocycles. The van der Waals surface area contributed by atoms with Crippen LogP contribution in [0.2, 0.25) is 0 Å². The summed E-state index contributed by atoms with van der Waals surface area (Å²) in [6.07, 6.45) is 0.935. The number of aryl methyl sites for hydroxylation is 1. The predicted molar refractivity (Wildman–Crippen MR) is 114 cm³/mol. The van der Waals surface area contributed by atoms with Crippen LogP contribution in [0.4, 0.5) is 4.39 Å². The van der Waals surface area contributed by atoms with Crippen LogP contribution in [0.1, 0.15) is 18.4 Å². The van der Waals surface area contributed by atoms with Crippen LogP contribution in [0.3, 0.4) is 0 Å². The van der Waals surface area contributed by atoms with Crippen LogP contribution in [0, 0.1) is 24.1 Å². The molecule has 0 aliphatic heterocycles. The molecule has 0 amide bonds. The van der Waals surface area contributed by atoms with E-state index in [0.717, 1.165) is 22.3 Å². The number of hydrogen-bond acceptors (Lipinski definition) is 4. The van der Waals surface area contributed by atoms with Gasteiger partial charge in [0, 0.05) is 29.5 Å². The van der Waals surface area contributed by atoms with Gasteiger partial charge in [-0.25, -0.2) is 9.37 Å². The summed E-state index contributed by atoms with van der Waals surface area (Å²) in [7, 11) is 0. The Balaban J connectivity index is 1.93. The highest BCUT2D eigenvalue weighted by molar-refractivity contribution is 7.17. The van der Waals surface area contributed by atoms with Crippen molar-refractivity contribution in [2.45, 2.75) is 26.3 Å². The number of nitrogens with zero attached hydrogens (tertiary/aromatic N) is 3. The highest BCUT2D eigenvalue weighted by atomic mass is 32.1. The van der Waals surface area contributed by atoms with Crippen LogP contribution in [-0.4, -0.2) is 9.55 Å². The third kappa shape index (κ3) is 3.69. The molecule has 0 spiro atoms. The summed E-state index contributed by atoms with van der Waals surface area (Å²) in [5.74, 6) is 0.287. The minimum absolute atomic E-state index is 0.135. The maximum Gasteiger partial charge on any atom is 0.263 e. The molecule has 2 aromatic carbocycles. The fourth-order valence-electron chi connectivity index (χ4n) is 3.31. The van der Waals surface area contributed by atoms with E-state index in [1.54, 1.807) is 16.7 Å². The Morgan fingerprint density at radius 1 is 1.10 bits per heavy atom. The number of halogens is 1. The van der Waals surface area contributed by atoms with Crippen molar-refractivity contribution in [1.82, 2.24) is 9.55 Å². The Kier molecular flexibility index (Phi) is 5.24. The van der Waals surface area contributed by atoms with Gasteiger partial charge in [-0.15, -0.1) is 11.3 Å². The Hall–Kier alpha value is -3.30. The number of thiophene rings is 1. The Bertz CT molecular complexity index is 1270. The van der Waals surface area contributed by atoms with Crippen LogP contribution in [0.5, 0.6) is 0 Å². The van der Waals surface area contributed by atoms with Crippen LogP contribution < -0.4 is 5.56 Å². The van der Waals surface area contributed by atoms with E-state index in [-0.39, 0.29) is 11.4 Å². The molecule has 0 unspecified atom stereocenters. The second-order valence-electron chi connectivity index (χ2n) is 6.86. The number of hydrogen-bond donors (Lipinski definition) is 0. The van der Waals surface area contributed by atoms with Crippen molar-refractivity contribution in [2.75, 3.05) is 0 Å². The monoisotopic (exact) mass is 403 g/mol. The number of fused-ring (bicyclic) bond motifs is 1. The molecule has 0 N–H and O–H groups in total. The fraction of sp³-hybridized carbons (Fsp3) is 0.174. The standard InChI is InChI=1S/C23H18FN3OS/c1-15-4-6-17(7-5-15)21-26-22-20(23(28)27(21)13-3-2-12-25)19(14-29-22)16-8-10-18(24)11-9-16/h4-11,14H,2-3,13H2,1H3. The number of aromatic nitrogens is 2. The van der Waals surface area contributed by atoms with Gasteiger partial charge in [0.05, 0.1) is 11.5 Å². The van der Waals surface area contributed by atoms with Crippen LogP contribution in [-0.2, 0) is 6.54 Å². The lowest BCUT2D eigenvalue weighted by atomic mass is 10.1. The second-order valence-corrected chi connectivity index (χ2v) is 7.71. The summed E-state index contributed by atoms with van der Waals surface area (Å²) in [6.45, 7) is 2.42. The highest BCUT2D eigenvalue weighted by Crippen LogP contribution is 2.32. The zero-order chi connectivity index (χ0) is 20.4. The van der Waals surface area contributed by atoms with E-state index < -0.39 is 0 Å². The molecule has 4 nitrogen and oxygen atoms in total. The average Bonchev–Trinajstić information content (AvgIpc) is 3.15. The first kappa shape index (κ1) is 19.0. The predicted octanol–water partition coefficient (Wildman–Crippen LogP) is 5.54. The van der Waals surface area contributed by atoms with E-state index in [1.807, 2.05) is 36.6 Å². The molecule has 4 aromatic rings. The lowest BCUT2D eigenvalue weighted by molar-refractivity contribution is 0.628. The number of nitriles is 1. The molecule has 0 fully saturated rings. The first-order valence-corrected chi connectivity index (χ1v) is 10.2. The van der Waals surface area contributed by atoms with E-state index in [1.165, 1.54) is 23.5 Å². The number of benzene rings is 2. The maximum absolute atomic E-state index is 13.5. The molecule has 0 aliphatic rings. The van der Waals surface area contributed by atoms with Crippen molar-refractivity contribution in [3.63, 3.8) is 0 Å². The van der Waals surface area contributed by atoms with E-state index >= 15 is 0 Å².